The number of benzene rings is 1. The summed E-state index contributed by atoms with van der Waals surface area (Å²) in [6.45, 7) is 0.0330. The SMILES string of the molecule is CC(=O)N[C@H]1[C@H](O[C@H]2[C@@H](O)[C@H](O)[C@@H](CO)O[C@H]2Sc2ccccc2)O[C@H](CO)[C@@H](O)[C@@H]1O. The molecule has 1 aromatic rings. The van der Waals surface area contributed by atoms with Crippen LogP contribution >= 0.6 is 11.8 Å². The number of carbonyl (C=O) groups excluding carboxylic acids is 1. The summed E-state index contributed by atoms with van der Waals surface area (Å²) in [5, 5.41) is 63.2. The van der Waals surface area contributed by atoms with Crippen molar-refractivity contribution >= 4 is 17.7 Å². The summed E-state index contributed by atoms with van der Waals surface area (Å²) in [5.41, 5.74) is -0.911. The van der Waals surface area contributed by atoms with Gasteiger partial charge in [-0.25, -0.2) is 0 Å². The lowest BCUT2D eigenvalue weighted by Gasteiger charge is -2.47. The van der Waals surface area contributed by atoms with E-state index >= 15 is 0 Å². The van der Waals surface area contributed by atoms with Gasteiger partial charge in [0.15, 0.2) is 6.29 Å². The zero-order valence-corrected chi connectivity index (χ0v) is 18.1. The van der Waals surface area contributed by atoms with Gasteiger partial charge in [-0.2, -0.15) is 0 Å². The second-order valence-corrected chi connectivity index (χ2v) is 8.84. The van der Waals surface area contributed by atoms with Crippen molar-refractivity contribution in [3.05, 3.63) is 30.3 Å². The summed E-state index contributed by atoms with van der Waals surface area (Å²) in [6, 6.07) is 7.80. The van der Waals surface area contributed by atoms with Gasteiger partial charge in [0.25, 0.3) is 0 Å². The first kappa shape index (κ1) is 25.3. The molecule has 0 radical (unpaired) electrons. The number of rotatable bonds is 7. The Kier molecular flexibility index (Phi) is 8.86. The van der Waals surface area contributed by atoms with Gasteiger partial charge < -0.3 is 50.2 Å². The molecule has 2 aliphatic heterocycles. The number of thioether (sulfide) groups is 1. The van der Waals surface area contributed by atoms with Crippen molar-refractivity contribution < 1.29 is 49.6 Å². The largest absolute Gasteiger partial charge is 0.394 e. The average molecular weight is 476 g/mol. The Morgan fingerprint density at radius 1 is 0.969 bits per heavy atom. The van der Waals surface area contributed by atoms with Crippen molar-refractivity contribution in [1.29, 1.82) is 0 Å². The third-order valence-corrected chi connectivity index (χ3v) is 6.52. The maximum Gasteiger partial charge on any atom is 0.217 e. The van der Waals surface area contributed by atoms with Gasteiger partial charge in [-0.15, -0.1) is 0 Å². The summed E-state index contributed by atoms with van der Waals surface area (Å²) in [7, 11) is 0. The molecule has 1 aromatic carbocycles. The molecule has 0 saturated carbocycles. The van der Waals surface area contributed by atoms with Crippen LogP contribution in [0.4, 0.5) is 0 Å². The Hall–Kier alpha value is -1.32. The first-order valence-corrected chi connectivity index (χ1v) is 11.0. The topological polar surface area (TPSA) is 178 Å². The summed E-state index contributed by atoms with van der Waals surface area (Å²) in [5.74, 6) is -0.531. The summed E-state index contributed by atoms with van der Waals surface area (Å²) in [6.07, 6.45) is -10.9. The average Bonchev–Trinajstić information content (AvgIpc) is 2.78. The van der Waals surface area contributed by atoms with Crippen LogP contribution in [-0.4, -0.2) is 110 Å². The fraction of sp³-hybridized carbons (Fsp3) is 0.650. The third-order valence-electron chi connectivity index (χ3n) is 5.36. The van der Waals surface area contributed by atoms with Crippen LogP contribution in [0.2, 0.25) is 0 Å². The molecule has 0 spiro atoms. The van der Waals surface area contributed by atoms with E-state index in [4.69, 9.17) is 14.2 Å². The standard InChI is InChI=1S/C20H29NO10S/c1-9(24)21-13-16(27)14(25)11(7-22)29-19(13)31-18-17(28)15(26)12(8-23)30-20(18)32-10-5-3-2-4-6-10/h2-6,11-20,22-23,25-28H,7-8H2,1H3,(H,21,24)/t11-,12-,13-,14-,15-,16-,17+,18+,19+,20+/m1/s1. The highest BCUT2D eigenvalue weighted by Gasteiger charge is 2.51. The van der Waals surface area contributed by atoms with Crippen molar-refractivity contribution in [2.45, 2.75) is 72.3 Å². The normalized spacial score (nSPS) is 40.1. The van der Waals surface area contributed by atoms with E-state index in [1.807, 2.05) is 6.07 Å². The number of hydrogen-bond acceptors (Lipinski definition) is 11. The molecular weight excluding hydrogens is 446 g/mol. The lowest BCUT2D eigenvalue weighted by Crippen LogP contribution is -2.67. The van der Waals surface area contributed by atoms with Gasteiger partial charge in [0.1, 0.15) is 54.2 Å². The maximum absolute atomic E-state index is 11.6. The zero-order chi connectivity index (χ0) is 23.4. The number of aliphatic hydroxyl groups is 6. The number of carbonyl (C=O) groups is 1. The molecule has 180 valence electrons. The predicted molar refractivity (Wildman–Crippen MR) is 110 cm³/mol. The van der Waals surface area contributed by atoms with Crippen LogP contribution in [-0.2, 0) is 19.0 Å². The number of ether oxygens (including phenoxy) is 3. The molecule has 0 bridgehead atoms. The van der Waals surface area contributed by atoms with Crippen LogP contribution < -0.4 is 5.32 Å². The lowest BCUT2D eigenvalue weighted by molar-refractivity contribution is -0.313. The highest BCUT2D eigenvalue weighted by molar-refractivity contribution is 7.99. The van der Waals surface area contributed by atoms with E-state index < -0.39 is 79.6 Å². The minimum Gasteiger partial charge on any atom is -0.394 e. The number of hydrogen-bond donors (Lipinski definition) is 7. The van der Waals surface area contributed by atoms with Crippen molar-refractivity contribution in [3.8, 4) is 0 Å². The minimum atomic E-state index is -1.54. The van der Waals surface area contributed by atoms with Crippen molar-refractivity contribution in [2.75, 3.05) is 13.2 Å². The van der Waals surface area contributed by atoms with E-state index in [1.54, 1.807) is 24.3 Å². The van der Waals surface area contributed by atoms with E-state index in [0.29, 0.717) is 0 Å². The van der Waals surface area contributed by atoms with Gasteiger partial charge in [-0.1, -0.05) is 30.0 Å². The van der Waals surface area contributed by atoms with Gasteiger partial charge in [0.2, 0.25) is 5.91 Å². The van der Waals surface area contributed by atoms with Crippen LogP contribution in [0, 0.1) is 0 Å². The summed E-state index contributed by atoms with van der Waals surface area (Å²) in [4.78, 5) is 12.4. The van der Waals surface area contributed by atoms with Crippen LogP contribution in [0.1, 0.15) is 6.92 Å². The van der Waals surface area contributed by atoms with Crippen molar-refractivity contribution in [1.82, 2.24) is 5.32 Å². The van der Waals surface area contributed by atoms with E-state index in [0.717, 1.165) is 4.90 Å². The number of nitrogens with one attached hydrogen (secondary N) is 1. The van der Waals surface area contributed by atoms with Crippen LogP contribution in [0.25, 0.3) is 0 Å². The van der Waals surface area contributed by atoms with Crippen molar-refractivity contribution in [3.63, 3.8) is 0 Å². The van der Waals surface area contributed by atoms with Crippen LogP contribution in [0.15, 0.2) is 35.2 Å². The van der Waals surface area contributed by atoms with Gasteiger partial charge in [0, 0.05) is 11.8 Å². The molecule has 3 rings (SSSR count). The van der Waals surface area contributed by atoms with Crippen LogP contribution in [0.3, 0.4) is 0 Å². The predicted octanol–water partition coefficient (Wildman–Crippen LogP) is -2.45. The number of amides is 1. The molecule has 2 fully saturated rings. The first-order valence-electron chi connectivity index (χ1n) is 10.2. The highest BCUT2D eigenvalue weighted by atomic mass is 32.2. The molecule has 0 aromatic heterocycles. The quantitative estimate of drug-likeness (QED) is 0.223. The fourth-order valence-electron chi connectivity index (χ4n) is 3.67. The second kappa shape index (κ2) is 11.2. The molecule has 2 heterocycles. The lowest BCUT2D eigenvalue weighted by atomic mass is 9.96. The Balaban J connectivity index is 1.86. The summed E-state index contributed by atoms with van der Waals surface area (Å²) < 4.78 is 17.2. The van der Waals surface area contributed by atoms with Gasteiger partial charge in [-0.05, 0) is 12.1 Å². The van der Waals surface area contributed by atoms with Crippen LogP contribution in [0.5, 0.6) is 0 Å². The minimum absolute atomic E-state index is 0.531. The maximum atomic E-state index is 11.6. The Morgan fingerprint density at radius 2 is 1.56 bits per heavy atom. The molecule has 0 unspecified atom stereocenters. The van der Waals surface area contributed by atoms with Gasteiger partial charge in [0.05, 0.1) is 13.2 Å². The molecule has 10 atom stereocenters. The first-order chi connectivity index (χ1) is 15.3. The van der Waals surface area contributed by atoms with Gasteiger partial charge in [-0.3, -0.25) is 4.79 Å². The monoisotopic (exact) mass is 475 g/mol. The van der Waals surface area contributed by atoms with Gasteiger partial charge >= 0.3 is 0 Å². The molecule has 1 amide bonds. The molecule has 11 nitrogen and oxygen atoms in total. The Bertz CT molecular complexity index is 742. The summed E-state index contributed by atoms with van der Waals surface area (Å²) >= 11 is 1.18. The Morgan fingerprint density at radius 3 is 2.16 bits per heavy atom. The fourth-order valence-corrected chi connectivity index (χ4v) is 4.81. The van der Waals surface area contributed by atoms with E-state index in [1.165, 1.54) is 18.7 Å². The zero-order valence-electron chi connectivity index (χ0n) is 17.3. The third kappa shape index (κ3) is 5.59. The molecule has 12 heteroatoms. The smallest absolute Gasteiger partial charge is 0.217 e. The van der Waals surface area contributed by atoms with E-state index in [9.17, 15) is 35.4 Å². The van der Waals surface area contributed by atoms with Crippen molar-refractivity contribution in [2.24, 2.45) is 0 Å². The molecule has 7 N–H and O–H groups in total. The highest BCUT2D eigenvalue weighted by Crippen LogP contribution is 2.36. The Labute approximate surface area is 188 Å². The molecule has 0 aliphatic carbocycles. The molecule has 32 heavy (non-hydrogen) atoms. The van der Waals surface area contributed by atoms with E-state index in [-0.39, 0.29) is 0 Å². The molecular formula is C20H29NO10S. The second-order valence-electron chi connectivity index (χ2n) is 7.67. The molecule has 2 aliphatic rings. The van der Waals surface area contributed by atoms with E-state index in [2.05, 4.69) is 5.32 Å². The number of aliphatic hydroxyl groups excluding tert-OH is 6. The molecule has 2 saturated heterocycles.